The molecule has 0 bridgehead atoms. The quantitative estimate of drug-likeness (QED) is 0.131. The van der Waals surface area contributed by atoms with Gasteiger partial charge < -0.3 is 24.7 Å². The maximum absolute atomic E-state index is 13.8. The normalized spacial score (nSPS) is 14.3. The largest absolute Gasteiger partial charge is 0.465 e. The summed E-state index contributed by atoms with van der Waals surface area (Å²) in [7, 11) is 0. The van der Waals surface area contributed by atoms with Crippen LogP contribution in [0.1, 0.15) is 56.1 Å². The van der Waals surface area contributed by atoms with Gasteiger partial charge in [-0.05, 0) is 82.0 Å². The number of nitrogens with zero attached hydrogens (tertiary/aromatic N) is 2. The molecule has 0 radical (unpaired) electrons. The van der Waals surface area contributed by atoms with Gasteiger partial charge in [0.05, 0.1) is 37.3 Å². The van der Waals surface area contributed by atoms with Crippen LogP contribution in [0.2, 0.25) is 0 Å². The van der Waals surface area contributed by atoms with Gasteiger partial charge in [-0.2, -0.15) is 0 Å². The first-order valence-corrected chi connectivity index (χ1v) is 14.2. The van der Waals surface area contributed by atoms with Gasteiger partial charge in [0.25, 0.3) is 0 Å². The number of aromatic amines is 1. The third kappa shape index (κ3) is 6.88. The Balaban J connectivity index is 1.51. The van der Waals surface area contributed by atoms with Crippen LogP contribution < -0.4 is 16.0 Å². The first-order valence-electron chi connectivity index (χ1n) is 14.2. The average molecular weight is 578 g/mol. The van der Waals surface area contributed by atoms with Crippen molar-refractivity contribution in [3.8, 4) is 0 Å². The van der Waals surface area contributed by atoms with Gasteiger partial charge in [0.15, 0.2) is 0 Å². The number of rotatable bonds is 11. The molecule has 0 aliphatic carbocycles. The molecule has 42 heavy (non-hydrogen) atoms. The lowest BCUT2D eigenvalue weighted by Crippen LogP contribution is -2.54. The van der Waals surface area contributed by atoms with Crippen molar-refractivity contribution in [2.75, 3.05) is 38.2 Å². The molecule has 1 aliphatic heterocycles. The third-order valence-electron chi connectivity index (χ3n) is 7.34. The van der Waals surface area contributed by atoms with E-state index >= 15 is 0 Å². The van der Waals surface area contributed by atoms with E-state index in [2.05, 4.69) is 20.9 Å². The van der Waals surface area contributed by atoms with Crippen LogP contribution in [-0.2, 0) is 31.1 Å². The Morgan fingerprint density at radius 2 is 1.74 bits per heavy atom. The SMILES string of the molecule is CCOC(=O)CNC(C)(C(=O)N1CCCC1)c1ccc2[nH]c(CNc3ccc(C(=N)NC(=O)OCC)cc3)nc2c1C. The number of benzene rings is 2. The number of carbonyl (C=O) groups is 3. The van der Waals surface area contributed by atoms with E-state index in [-0.39, 0.29) is 31.5 Å². The molecular weight excluding hydrogens is 538 g/mol. The van der Waals surface area contributed by atoms with E-state index in [0.717, 1.165) is 40.7 Å². The summed E-state index contributed by atoms with van der Waals surface area (Å²) in [6, 6.07) is 10.9. The number of hydrogen-bond acceptors (Lipinski definition) is 9. The molecule has 1 atom stereocenters. The second kappa shape index (κ2) is 13.5. The number of hydrogen-bond donors (Lipinski definition) is 5. The lowest BCUT2D eigenvalue weighted by atomic mass is 9.86. The minimum atomic E-state index is -1.13. The third-order valence-corrected chi connectivity index (χ3v) is 7.34. The zero-order valence-electron chi connectivity index (χ0n) is 24.6. The van der Waals surface area contributed by atoms with Gasteiger partial charge in [-0.25, -0.2) is 9.78 Å². The van der Waals surface area contributed by atoms with Gasteiger partial charge >= 0.3 is 12.1 Å². The summed E-state index contributed by atoms with van der Waals surface area (Å²) >= 11 is 0. The fraction of sp³-hybridized carbons (Fsp3) is 0.433. The Morgan fingerprint density at radius 3 is 2.40 bits per heavy atom. The van der Waals surface area contributed by atoms with Crippen LogP contribution in [0.3, 0.4) is 0 Å². The minimum absolute atomic E-state index is 0.0458. The number of fused-ring (bicyclic) bond motifs is 1. The molecule has 3 aromatic rings. The highest BCUT2D eigenvalue weighted by molar-refractivity contribution is 6.04. The first-order chi connectivity index (χ1) is 20.2. The van der Waals surface area contributed by atoms with Gasteiger partial charge in [0.2, 0.25) is 5.91 Å². The Morgan fingerprint density at radius 1 is 1.05 bits per heavy atom. The van der Waals surface area contributed by atoms with Gasteiger partial charge in [-0.15, -0.1) is 0 Å². The van der Waals surface area contributed by atoms with Crippen LogP contribution in [0.15, 0.2) is 36.4 Å². The summed E-state index contributed by atoms with van der Waals surface area (Å²) in [5, 5.41) is 16.9. The topological polar surface area (TPSA) is 162 Å². The zero-order chi connectivity index (χ0) is 30.3. The van der Waals surface area contributed by atoms with E-state index in [1.165, 1.54) is 0 Å². The van der Waals surface area contributed by atoms with Crippen molar-refractivity contribution in [3.63, 3.8) is 0 Å². The number of amides is 2. The molecule has 1 aliphatic rings. The predicted octanol–water partition coefficient (Wildman–Crippen LogP) is 3.55. The number of ether oxygens (including phenoxy) is 2. The molecule has 0 spiro atoms. The molecule has 5 N–H and O–H groups in total. The Labute approximate surface area is 245 Å². The summed E-state index contributed by atoms with van der Waals surface area (Å²) in [6.07, 6.45) is 1.26. The maximum atomic E-state index is 13.8. The number of anilines is 1. The number of imidazole rings is 1. The predicted molar refractivity (Wildman–Crippen MR) is 159 cm³/mol. The van der Waals surface area contributed by atoms with Crippen LogP contribution in [0.5, 0.6) is 0 Å². The molecule has 1 unspecified atom stereocenters. The summed E-state index contributed by atoms with van der Waals surface area (Å²) in [6.45, 7) is 9.42. The van der Waals surface area contributed by atoms with E-state index in [0.29, 0.717) is 31.0 Å². The van der Waals surface area contributed by atoms with Gasteiger partial charge in [-0.1, -0.05) is 6.07 Å². The molecule has 1 fully saturated rings. The minimum Gasteiger partial charge on any atom is -0.465 e. The van der Waals surface area contributed by atoms with Crippen molar-refractivity contribution in [2.45, 2.75) is 52.6 Å². The van der Waals surface area contributed by atoms with Crippen molar-refractivity contribution < 1.29 is 23.9 Å². The van der Waals surface area contributed by atoms with E-state index < -0.39 is 17.6 Å². The highest BCUT2D eigenvalue weighted by Gasteiger charge is 2.41. The first kappa shape index (κ1) is 30.5. The van der Waals surface area contributed by atoms with Crippen molar-refractivity contribution in [3.05, 3.63) is 58.9 Å². The standard InChI is InChI=1S/C30H39N7O5/c1-5-41-25(38)18-33-30(4,28(39)37-15-7-8-16-37)22-13-14-23-26(19(22)3)35-24(34-23)17-32-21-11-9-20(10-12-21)27(31)36-29(40)42-6-2/h9-14,32-33H,5-8,15-18H2,1-4H3,(H,34,35)(H2,31,36,40). The van der Waals surface area contributed by atoms with Crippen molar-refractivity contribution in [2.24, 2.45) is 0 Å². The molecule has 2 heterocycles. The van der Waals surface area contributed by atoms with Crippen LogP contribution in [-0.4, -0.2) is 71.5 Å². The summed E-state index contributed by atoms with van der Waals surface area (Å²) in [5.74, 6) is 0.178. The Kier molecular flexibility index (Phi) is 9.79. The number of likely N-dealkylation sites (tertiary alicyclic amines) is 1. The zero-order valence-corrected chi connectivity index (χ0v) is 24.6. The lowest BCUT2D eigenvalue weighted by molar-refractivity contribution is -0.143. The lowest BCUT2D eigenvalue weighted by Gasteiger charge is -2.35. The molecular formula is C30H39N7O5. The summed E-state index contributed by atoms with van der Waals surface area (Å²) < 4.78 is 9.92. The van der Waals surface area contributed by atoms with Gasteiger partial charge in [-0.3, -0.25) is 25.6 Å². The fourth-order valence-corrected chi connectivity index (χ4v) is 5.15. The van der Waals surface area contributed by atoms with E-state index in [9.17, 15) is 14.4 Å². The van der Waals surface area contributed by atoms with E-state index in [1.54, 1.807) is 26.0 Å². The highest BCUT2D eigenvalue weighted by atomic mass is 16.5. The number of alkyl carbamates (subject to hydrolysis) is 1. The number of esters is 1. The molecule has 224 valence electrons. The number of H-pyrrole nitrogens is 1. The van der Waals surface area contributed by atoms with E-state index in [4.69, 9.17) is 19.9 Å². The number of aromatic nitrogens is 2. The van der Waals surface area contributed by atoms with Crippen LogP contribution in [0, 0.1) is 12.3 Å². The molecule has 2 aromatic carbocycles. The molecule has 12 nitrogen and oxygen atoms in total. The van der Waals surface area contributed by atoms with Crippen molar-refractivity contribution in [1.29, 1.82) is 5.41 Å². The van der Waals surface area contributed by atoms with E-state index in [1.807, 2.05) is 43.0 Å². The second-order valence-corrected chi connectivity index (χ2v) is 10.3. The van der Waals surface area contributed by atoms with Gasteiger partial charge in [0, 0.05) is 24.3 Å². The molecule has 0 saturated carbocycles. The summed E-state index contributed by atoms with van der Waals surface area (Å²) in [5.41, 5.74) is 3.41. The van der Waals surface area contributed by atoms with Crippen molar-refractivity contribution in [1.82, 2.24) is 25.5 Å². The van der Waals surface area contributed by atoms with Crippen LogP contribution in [0.25, 0.3) is 11.0 Å². The highest BCUT2D eigenvalue weighted by Crippen LogP contribution is 2.32. The second-order valence-electron chi connectivity index (χ2n) is 10.3. The average Bonchev–Trinajstić information content (AvgIpc) is 3.66. The van der Waals surface area contributed by atoms with Gasteiger partial charge in [0.1, 0.15) is 17.2 Å². The monoisotopic (exact) mass is 577 g/mol. The van der Waals surface area contributed by atoms with Crippen LogP contribution >= 0.6 is 0 Å². The molecule has 4 rings (SSSR count). The van der Waals surface area contributed by atoms with Crippen molar-refractivity contribution >= 4 is 40.5 Å². The molecule has 2 amide bonds. The number of nitrogens with one attached hydrogen (secondary N) is 5. The molecule has 1 saturated heterocycles. The fourth-order valence-electron chi connectivity index (χ4n) is 5.15. The number of amidine groups is 1. The Hall–Kier alpha value is -4.45. The maximum Gasteiger partial charge on any atom is 0.412 e. The van der Waals surface area contributed by atoms with Crippen LogP contribution in [0.4, 0.5) is 10.5 Å². The number of carbonyl (C=O) groups excluding carboxylic acids is 3. The smallest absolute Gasteiger partial charge is 0.412 e. The molecule has 1 aromatic heterocycles. The molecule has 12 heteroatoms. The summed E-state index contributed by atoms with van der Waals surface area (Å²) in [4.78, 5) is 47.6. The Bertz CT molecular complexity index is 1450. The number of aryl methyl sites for hydroxylation is 1.